The Morgan fingerprint density at radius 2 is 2.67 bits per heavy atom. The summed E-state index contributed by atoms with van der Waals surface area (Å²) >= 11 is 0. The summed E-state index contributed by atoms with van der Waals surface area (Å²) in [6, 6.07) is 0. The summed E-state index contributed by atoms with van der Waals surface area (Å²) in [4.78, 5) is 4.11. The van der Waals surface area contributed by atoms with Gasteiger partial charge in [-0.15, -0.1) is 0 Å². The largest absolute Gasteiger partial charge is 0.319 e. The number of fused-ring (bicyclic) bond motifs is 1. The summed E-state index contributed by atoms with van der Waals surface area (Å²) in [6.07, 6.45) is 8.90. The van der Waals surface area contributed by atoms with Crippen LogP contribution in [-0.4, -0.2) is 16.8 Å². The Hall–Kier alpha value is -0.985. The fourth-order valence-corrected chi connectivity index (χ4v) is 0.957. The summed E-state index contributed by atoms with van der Waals surface area (Å²) in [5, 5.41) is 0. The smallest absolute Gasteiger partial charge is 0.206 e. The van der Waals surface area contributed by atoms with E-state index in [1.807, 2.05) is 23.2 Å². The second kappa shape index (κ2) is 1.76. The molecule has 0 saturated carbocycles. The normalized spacial score (nSPS) is 14.7. The van der Waals surface area contributed by atoms with Crippen molar-refractivity contribution in [2.24, 2.45) is 0 Å². The molecule has 0 bridgehead atoms. The zero-order valence-corrected chi connectivity index (χ0v) is 4.99. The molecule has 2 nitrogen and oxygen atoms in total. The lowest BCUT2D eigenvalue weighted by Crippen LogP contribution is -2.25. The number of hydrogen-bond acceptors (Lipinski definition) is 1. The van der Waals surface area contributed by atoms with Gasteiger partial charge in [0.15, 0.2) is 0 Å². The van der Waals surface area contributed by atoms with Gasteiger partial charge in [-0.1, -0.05) is 12.4 Å². The zero-order valence-electron chi connectivity index (χ0n) is 4.99. The van der Waals surface area contributed by atoms with E-state index in [0.29, 0.717) is 0 Å². The average molecular weight is 117 g/mol. The van der Waals surface area contributed by atoms with E-state index in [2.05, 4.69) is 18.3 Å². The number of imidazole rings is 1. The maximum Gasteiger partial charge on any atom is 0.206 e. The lowest BCUT2D eigenvalue weighted by molar-refractivity contribution is 1.17. The molecule has 1 aliphatic rings. The van der Waals surface area contributed by atoms with E-state index in [-0.39, 0.29) is 0 Å². The summed E-state index contributed by atoms with van der Waals surface area (Å²) < 4.78 is 2.00. The maximum atomic E-state index is 4.11. The van der Waals surface area contributed by atoms with Crippen molar-refractivity contribution in [1.82, 2.24) is 9.55 Å². The van der Waals surface area contributed by atoms with Crippen molar-refractivity contribution >= 4 is 19.2 Å². The van der Waals surface area contributed by atoms with Crippen LogP contribution in [-0.2, 0) is 0 Å². The van der Waals surface area contributed by atoms with Gasteiger partial charge in [0.2, 0.25) is 7.28 Å². The fraction of sp³-hybridized carbons (Fsp3) is 0.167. The van der Waals surface area contributed by atoms with Gasteiger partial charge in [-0.25, -0.2) is 0 Å². The second-order valence-electron chi connectivity index (χ2n) is 2.02. The molecular weight excluding hydrogens is 111 g/mol. The molecule has 0 atom stereocenters. The summed E-state index contributed by atoms with van der Waals surface area (Å²) in [7, 11) is 2.10. The first-order chi connectivity index (χ1) is 4.47. The lowest BCUT2D eigenvalue weighted by Gasteiger charge is -2.03. The molecule has 1 aliphatic heterocycles. The number of allylic oxidation sites excluding steroid dienone is 1. The van der Waals surface area contributed by atoms with E-state index >= 15 is 0 Å². The van der Waals surface area contributed by atoms with Crippen molar-refractivity contribution in [3.8, 4) is 0 Å². The molecule has 3 heteroatoms. The highest BCUT2D eigenvalue weighted by Crippen LogP contribution is 1.94. The van der Waals surface area contributed by atoms with E-state index in [9.17, 15) is 0 Å². The minimum atomic E-state index is 1.01. The first-order valence-corrected chi connectivity index (χ1v) is 2.99. The summed E-state index contributed by atoms with van der Waals surface area (Å²) in [5.74, 6) is 0. The molecule has 1 radical (unpaired) electrons. The Morgan fingerprint density at radius 1 is 1.67 bits per heavy atom. The van der Waals surface area contributed by atoms with Gasteiger partial charge in [0.25, 0.3) is 0 Å². The van der Waals surface area contributed by atoms with Crippen molar-refractivity contribution in [2.45, 2.75) is 6.32 Å². The minimum Gasteiger partial charge on any atom is -0.319 e. The van der Waals surface area contributed by atoms with Crippen LogP contribution in [0.5, 0.6) is 0 Å². The van der Waals surface area contributed by atoms with Crippen molar-refractivity contribution in [1.29, 1.82) is 0 Å². The number of hydrogen-bond donors (Lipinski definition) is 0. The maximum absolute atomic E-state index is 4.11. The van der Waals surface area contributed by atoms with E-state index in [1.165, 1.54) is 0 Å². The highest BCUT2D eigenvalue weighted by molar-refractivity contribution is 6.52. The van der Waals surface area contributed by atoms with Crippen LogP contribution in [0.25, 0.3) is 6.20 Å². The molecule has 9 heavy (non-hydrogen) atoms. The van der Waals surface area contributed by atoms with E-state index < -0.39 is 0 Å². The van der Waals surface area contributed by atoms with Crippen molar-refractivity contribution in [3.05, 3.63) is 18.5 Å². The predicted octanol–water partition coefficient (Wildman–Crippen LogP) is 0.115. The van der Waals surface area contributed by atoms with Gasteiger partial charge in [-0.05, 0) is 0 Å². The van der Waals surface area contributed by atoms with Gasteiger partial charge in [-0.2, -0.15) is 0 Å². The molecule has 0 spiro atoms. The topological polar surface area (TPSA) is 17.8 Å². The van der Waals surface area contributed by atoms with E-state index in [1.54, 1.807) is 0 Å². The molecule has 43 valence electrons. The third-order valence-electron chi connectivity index (χ3n) is 1.40. The van der Waals surface area contributed by atoms with Crippen LogP contribution >= 0.6 is 0 Å². The SMILES string of the molecule is [B]1CC=Cn2ccnc21. The highest BCUT2D eigenvalue weighted by atomic mass is 15.0. The van der Waals surface area contributed by atoms with Crippen molar-refractivity contribution < 1.29 is 0 Å². The van der Waals surface area contributed by atoms with Gasteiger partial charge in [0, 0.05) is 18.6 Å². The van der Waals surface area contributed by atoms with Gasteiger partial charge in [0.1, 0.15) is 0 Å². The predicted molar refractivity (Wildman–Crippen MR) is 37.8 cm³/mol. The van der Waals surface area contributed by atoms with Crippen LogP contribution in [0.4, 0.5) is 0 Å². The molecule has 0 N–H and O–H groups in total. The molecule has 1 aromatic heterocycles. The molecule has 0 aliphatic carbocycles. The Kier molecular flexibility index (Phi) is 0.948. The molecule has 0 saturated heterocycles. The first kappa shape index (κ1) is 4.85. The monoisotopic (exact) mass is 117 g/mol. The van der Waals surface area contributed by atoms with Crippen LogP contribution in [0.1, 0.15) is 0 Å². The molecule has 1 aromatic rings. The number of nitrogens with zero attached hydrogens (tertiary/aromatic N) is 2. The van der Waals surface area contributed by atoms with E-state index in [0.717, 1.165) is 12.0 Å². The van der Waals surface area contributed by atoms with Crippen LogP contribution in [0, 0.1) is 0 Å². The fourth-order valence-electron chi connectivity index (χ4n) is 0.957. The number of rotatable bonds is 0. The van der Waals surface area contributed by atoms with Crippen molar-refractivity contribution in [3.63, 3.8) is 0 Å². The van der Waals surface area contributed by atoms with Crippen LogP contribution in [0.3, 0.4) is 0 Å². The molecule has 0 amide bonds. The third kappa shape index (κ3) is 0.688. The van der Waals surface area contributed by atoms with Gasteiger partial charge in [-0.3, -0.25) is 4.98 Å². The van der Waals surface area contributed by atoms with Crippen LogP contribution < -0.4 is 5.72 Å². The molecule has 2 rings (SSSR count). The Balaban J connectivity index is 2.53. The first-order valence-electron chi connectivity index (χ1n) is 2.99. The minimum absolute atomic E-state index is 1.01. The average Bonchev–Trinajstić information content (AvgIpc) is 2.33. The van der Waals surface area contributed by atoms with Crippen LogP contribution in [0.2, 0.25) is 6.32 Å². The standard InChI is InChI=1S/C6H6BN2/c1-2-7-6-8-3-5-9(6)4-1/h1,3-5H,2H2. The quantitative estimate of drug-likeness (QED) is 0.441. The van der Waals surface area contributed by atoms with Gasteiger partial charge in [0.05, 0.1) is 5.72 Å². The molecular formula is C6H6BN2. The molecule has 2 heterocycles. The Morgan fingerprint density at radius 3 is 3.56 bits per heavy atom. The summed E-state index contributed by atoms with van der Waals surface area (Å²) in [6.45, 7) is 0. The Bertz CT molecular complexity index is 239. The van der Waals surface area contributed by atoms with E-state index in [4.69, 9.17) is 0 Å². The highest BCUT2D eigenvalue weighted by Gasteiger charge is 2.03. The molecule has 0 aromatic carbocycles. The summed E-state index contributed by atoms with van der Waals surface area (Å²) in [5.41, 5.74) is 1.05. The van der Waals surface area contributed by atoms with Gasteiger partial charge < -0.3 is 4.57 Å². The second-order valence-corrected chi connectivity index (χ2v) is 2.02. The van der Waals surface area contributed by atoms with Crippen LogP contribution in [0.15, 0.2) is 18.5 Å². The lowest BCUT2D eigenvalue weighted by atomic mass is 9.72. The van der Waals surface area contributed by atoms with Gasteiger partial charge >= 0.3 is 0 Å². The molecule has 0 unspecified atom stereocenters. The third-order valence-corrected chi connectivity index (χ3v) is 1.40. The van der Waals surface area contributed by atoms with Crippen molar-refractivity contribution in [2.75, 3.05) is 0 Å². The number of aromatic nitrogens is 2. The molecule has 0 fully saturated rings. The Labute approximate surface area is 54.5 Å². The zero-order chi connectivity index (χ0) is 6.10.